The molecule has 0 radical (unpaired) electrons. The van der Waals surface area contributed by atoms with Gasteiger partial charge in [-0.15, -0.1) is 0 Å². The zero-order chi connectivity index (χ0) is 25.9. The molecular weight excluding hydrogens is 470 g/mol. The van der Waals surface area contributed by atoms with Crippen molar-refractivity contribution in [2.75, 3.05) is 19.5 Å². The molecule has 5 rings (SSSR count). The molecule has 3 aromatic carbocycles. The van der Waals surface area contributed by atoms with Crippen molar-refractivity contribution >= 4 is 39.0 Å². The van der Waals surface area contributed by atoms with Gasteiger partial charge in [0.15, 0.2) is 5.58 Å². The molecule has 0 saturated heterocycles. The molecule has 1 amide bonds. The van der Waals surface area contributed by atoms with Gasteiger partial charge in [-0.2, -0.15) is 0 Å². The van der Waals surface area contributed by atoms with Crippen LogP contribution in [0.15, 0.2) is 82.3 Å². The van der Waals surface area contributed by atoms with Crippen LogP contribution in [0.4, 0.5) is 11.4 Å². The summed E-state index contributed by atoms with van der Waals surface area (Å²) in [6.07, 6.45) is 1.57. The van der Waals surface area contributed by atoms with Crippen molar-refractivity contribution in [3.05, 3.63) is 95.3 Å². The summed E-state index contributed by atoms with van der Waals surface area (Å²) in [4.78, 5) is 22.7. The zero-order valence-corrected chi connectivity index (χ0v) is 20.6. The molecule has 0 aliphatic carbocycles. The quantitative estimate of drug-likeness (QED) is 0.332. The molecule has 0 fully saturated rings. The van der Waals surface area contributed by atoms with Gasteiger partial charge in [-0.3, -0.25) is 9.78 Å². The number of nitrogens with one attached hydrogen (secondary N) is 1. The largest absolute Gasteiger partial charge is 0.497 e. The molecule has 0 atom stereocenters. The Morgan fingerprint density at radius 1 is 1.03 bits per heavy atom. The fourth-order valence-electron chi connectivity index (χ4n) is 4.17. The van der Waals surface area contributed by atoms with Gasteiger partial charge in [-0.05, 0) is 36.6 Å². The third-order valence-electron chi connectivity index (χ3n) is 6.11. The summed E-state index contributed by atoms with van der Waals surface area (Å²) in [6.45, 7) is 1.53. The summed E-state index contributed by atoms with van der Waals surface area (Å²) >= 11 is 0. The minimum absolute atomic E-state index is 0.0775. The van der Waals surface area contributed by atoms with Crippen LogP contribution < -0.4 is 20.3 Å². The molecule has 0 unspecified atom stereocenters. The Kier molecular flexibility index (Phi) is 6.57. The fourth-order valence-corrected chi connectivity index (χ4v) is 4.17. The second-order valence-corrected chi connectivity index (χ2v) is 8.37. The van der Waals surface area contributed by atoms with E-state index < -0.39 is 5.91 Å². The van der Waals surface area contributed by atoms with Gasteiger partial charge >= 0.3 is 0 Å². The van der Waals surface area contributed by atoms with Crippen molar-refractivity contribution in [1.82, 2.24) is 4.98 Å². The maximum absolute atomic E-state index is 13.7. The number of anilines is 1. The molecule has 2 aromatic heterocycles. The molecule has 8 nitrogen and oxygen atoms in total. The number of methoxy groups -OCH3 is 2. The first-order valence-electron chi connectivity index (χ1n) is 11.6. The lowest BCUT2D eigenvalue weighted by atomic mass is 10.1. The number of carbonyl (C=O) groups excluding carboxylic acids is 1. The molecule has 37 heavy (non-hydrogen) atoms. The lowest BCUT2D eigenvalue weighted by Crippen LogP contribution is -2.22. The Balaban J connectivity index is 1.72. The van der Waals surface area contributed by atoms with E-state index in [9.17, 15) is 9.90 Å². The SMILES string of the molecule is COc1ccc(N=c2oc3c(C)ncc(CO)c3cc2C(=O)Nc2cccc3ccccc23)c(OC)c1. The monoisotopic (exact) mass is 495 g/mol. The van der Waals surface area contributed by atoms with Crippen LogP contribution in [0.5, 0.6) is 11.5 Å². The minimum atomic E-state index is -0.411. The van der Waals surface area contributed by atoms with Gasteiger partial charge in [0.1, 0.15) is 22.7 Å². The van der Waals surface area contributed by atoms with E-state index in [1.165, 1.54) is 7.11 Å². The van der Waals surface area contributed by atoms with Crippen LogP contribution in [0, 0.1) is 6.92 Å². The van der Waals surface area contributed by atoms with Gasteiger partial charge < -0.3 is 24.3 Å². The highest BCUT2D eigenvalue weighted by Gasteiger charge is 2.18. The normalized spacial score (nSPS) is 11.6. The molecule has 2 heterocycles. The van der Waals surface area contributed by atoms with Crippen molar-refractivity contribution in [3.8, 4) is 11.5 Å². The number of benzene rings is 3. The third-order valence-corrected chi connectivity index (χ3v) is 6.11. The van der Waals surface area contributed by atoms with Gasteiger partial charge in [-0.1, -0.05) is 36.4 Å². The maximum atomic E-state index is 13.7. The second kappa shape index (κ2) is 10.1. The molecule has 5 aromatic rings. The van der Waals surface area contributed by atoms with Crippen LogP contribution in [0.2, 0.25) is 0 Å². The summed E-state index contributed by atoms with van der Waals surface area (Å²) in [5, 5.41) is 15.4. The number of rotatable bonds is 6. The van der Waals surface area contributed by atoms with E-state index in [1.54, 1.807) is 44.5 Å². The van der Waals surface area contributed by atoms with E-state index in [0.29, 0.717) is 45.1 Å². The van der Waals surface area contributed by atoms with Gasteiger partial charge in [0.2, 0.25) is 5.55 Å². The standard InChI is InChI=1S/C29H25N3O5/c1-17-27-22(19(16-33)15-30-17)14-23(28(34)31-24-10-6-8-18-7-4-5-9-21(18)24)29(37-27)32-25-12-11-20(35-2)13-26(25)36-3/h4-15,33H,16H2,1-3H3,(H,31,34). The molecule has 0 spiro atoms. The highest BCUT2D eigenvalue weighted by molar-refractivity contribution is 6.10. The highest BCUT2D eigenvalue weighted by Crippen LogP contribution is 2.31. The smallest absolute Gasteiger partial charge is 0.261 e. The zero-order valence-electron chi connectivity index (χ0n) is 20.6. The Morgan fingerprint density at radius 3 is 2.62 bits per heavy atom. The van der Waals surface area contributed by atoms with Crippen LogP contribution in [0.1, 0.15) is 21.6 Å². The van der Waals surface area contributed by atoms with E-state index in [2.05, 4.69) is 15.3 Å². The van der Waals surface area contributed by atoms with Gasteiger partial charge in [0.25, 0.3) is 5.91 Å². The van der Waals surface area contributed by atoms with E-state index in [-0.39, 0.29) is 17.7 Å². The summed E-state index contributed by atoms with van der Waals surface area (Å²) in [5.74, 6) is 0.647. The molecule has 0 bridgehead atoms. The lowest BCUT2D eigenvalue weighted by Gasteiger charge is -2.12. The summed E-state index contributed by atoms with van der Waals surface area (Å²) in [7, 11) is 3.09. The molecule has 2 N–H and O–H groups in total. The van der Waals surface area contributed by atoms with E-state index in [1.807, 2.05) is 42.5 Å². The molecule has 186 valence electrons. The van der Waals surface area contributed by atoms with Gasteiger partial charge in [-0.25, -0.2) is 4.99 Å². The number of aliphatic hydroxyl groups excluding tert-OH is 1. The first kappa shape index (κ1) is 24.0. The van der Waals surface area contributed by atoms with Crippen molar-refractivity contribution in [2.45, 2.75) is 13.5 Å². The highest BCUT2D eigenvalue weighted by atomic mass is 16.5. The Morgan fingerprint density at radius 2 is 1.84 bits per heavy atom. The number of carbonyl (C=O) groups is 1. The fraction of sp³-hybridized carbons (Fsp3) is 0.138. The maximum Gasteiger partial charge on any atom is 0.261 e. The number of fused-ring (bicyclic) bond motifs is 2. The Labute approximate surface area is 212 Å². The average Bonchev–Trinajstić information content (AvgIpc) is 2.93. The van der Waals surface area contributed by atoms with Gasteiger partial charge in [0, 0.05) is 34.3 Å². The topological polar surface area (TPSA) is 106 Å². The number of aryl methyl sites for hydroxylation is 1. The summed E-state index contributed by atoms with van der Waals surface area (Å²) in [5.41, 5.74) is 2.95. The second-order valence-electron chi connectivity index (χ2n) is 8.37. The minimum Gasteiger partial charge on any atom is -0.497 e. The first-order chi connectivity index (χ1) is 18.0. The Hall–Kier alpha value is -4.69. The number of ether oxygens (including phenoxy) is 2. The van der Waals surface area contributed by atoms with E-state index in [0.717, 1.165) is 10.8 Å². The van der Waals surface area contributed by atoms with Crippen molar-refractivity contribution < 1.29 is 23.8 Å². The van der Waals surface area contributed by atoms with Crippen LogP contribution in [-0.4, -0.2) is 30.2 Å². The van der Waals surface area contributed by atoms with Crippen LogP contribution in [0.3, 0.4) is 0 Å². The number of pyridine rings is 1. The van der Waals surface area contributed by atoms with E-state index in [4.69, 9.17) is 13.9 Å². The molecule has 0 aliphatic heterocycles. The number of hydrogen-bond donors (Lipinski definition) is 2. The van der Waals surface area contributed by atoms with Crippen molar-refractivity contribution in [3.63, 3.8) is 0 Å². The van der Waals surface area contributed by atoms with Crippen molar-refractivity contribution in [1.29, 1.82) is 0 Å². The lowest BCUT2D eigenvalue weighted by molar-refractivity contribution is 0.102. The van der Waals surface area contributed by atoms with Crippen LogP contribution in [0.25, 0.3) is 21.7 Å². The number of hydrogen-bond acceptors (Lipinski definition) is 7. The average molecular weight is 496 g/mol. The number of aromatic nitrogens is 1. The van der Waals surface area contributed by atoms with Gasteiger partial charge in [0.05, 0.1) is 26.5 Å². The van der Waals surface area contributed by atoms with Crippen LogP contribution >= 0.6 is 0 Å². The predicted molar refractivity (Wildman–Crippen MR) is 141 cm³/mol. The summed E-state index contributed by atoms with van der Waals surface area (Å²) < 4.78 is 17.0. The van der Waals surface area contributed by atoms with E-state index >= 15 is 0 Å². The number of nitrogens with zero attached hydrogens (tertiary/aromatic N) is 2. The van der Waals surface area contributed by atoms with Crippen LogP contribution in [-0.2, 0) is 6.61 Å². The number of aliphatic hydroxyl groups is 1. The first-order valence-corrected chi connectivity index (χ1v) is 11.6. The molecule has 8 heteroatoms. The molecule has 0 saturated carbocycles. The third kappa shape index (κ3) is 4.62. The Bertz CT molecular complexity index is 1700. The number of amides is 1. The molecule has 0 aliphatic rings. The summed E-state index contributed by atoms with van der Waals surface area (Å²) in [6, 6.07) is 20.3. The van der Waals surface area contributed by atoms with Crippen molar-refractivity contribution in [2.24, 2.45) is 4.99 Å². The molecular formula is C29H25N3O5. The predicted octanol–water partition coefficient (Wildman–Crippen LogP) is 5.28.